The van der Waals surface area contributed by atoms with Crippen LogP contribution in [0.5, 0.6) is 0 Å². The summed E-state index contributed by atoms with van der Waals surface area (Å²) in [6.45, 7) is 7.09. The standard InChI is InChI=1S/C19H29N3O5S.C2H4O2/c1-8-14-13(9(2)23)18(25)22(14)15(19(26)27)17(8)28-11-5-12(21-7-11)16(24)10-3-4-20-6-10;1-2(3)4/h8-14,16,20-21,23-24H,3-7H2,1-2H3,(H,26,27);1H3,(H,3,4)/t8-,9-,10?,11+,12+,13-,14-,16?;/m1./s1. The number of aliphatic carboxylic acids is 2. The molecule has 4 heterocycles. The summed E-state index contributed by atoms with van der Waals surface area (Å²) in [7, 11) is 0. The van der Waals surface area contributed by atoms with Crippen molar-refractivity contribution in [2.45, 2.75) is 63.2 Å². The molecule has 0 spiro atoms. The largest absolute Gasteiger partial charge is 0.481 e. The lowest BCUT2D eigenvalue weighted by Gasteiger charge is -2.46. The lowest BCUT2D eigenvalue weighted by Crippen LogP contribution is -2.63. The van der Waals surface area contributed by atoms with Crippen LogP contribution in [0.15, 0.2) is 10.6 Å². The smallest absolute Gasteiger partial charge is 0.353 e. The third-order valence-corrected chi connectivity index (χ3v) is 8.23. The van der Waals surface area contributed by atoms with E-state index in [9.17, 15) is 24.9 Å². The average molecular weight is 472 g/mol. The maximum absolute atomic E-state index is 12.4. The number of rotatable bonds is 6. The zero-order valence-corrected chi connectivity index (χ0v) is 19.3. The second-order valence-electron chi connectivity index (χ2n) is 9.02. The van der Waals surface area contributed by atoms with Gasteiger partial charge in [0.05, 0.1) is 24.2 Å². The van der Waals surface area contributed by atoms with Crippen molar-refractivity contribution < 1.29 is 34.8 Å². The van der Waals surface area contributed by atoms with Crippen LogP contribution in [0.1, 0.15) is 33.6 Å². The molecule has 1 amide bonds. The number of carbonyl (C=O) groups is 3. The van der Waals surface area contributed by atoms with Crippen LogP contribution >= 0.6 is 11.8 Å². The summed E-state index contributed by atoms with van der Waals surface area (Å²) < 4.78 is 0. The highest BCUT2D eigenvalue weighted by atomic mass is 32.2. The van der Waals surface area contributed by atoms with Crippen LogP contribution < -0.4 is 10.6 Å². The number of carboxylic acid groups (broad SMARTS) is 2. The number of thioether (sulfide) groups is 1. The van der Waals surface area contributed by atoms with Gasteiger partial charge in [0.1, 0.15) is 5.70 Å². The molecule has 2 unspecified atom stereocenters. The van der Waals surface area contributed by atoms with E-state index in [0.717, 1.165) is 37.8 Å². The molecule has 0 aromatic heterocycles. The van der Waals surface area contributed by atoms with Crippen LogP contribution in [0.4, 0.5) is 0 Å². The predicted octanol–water partition coefficient (Wildman–Crippen LogP) is -0.335. The number of nitrogens with one attached hydrogen (secondary N) is 2. The Morgan fingerprint density at radius 1 is 1.22 bits per heavy atom. The number of aliphatic hydroxyl groups is 2. The Hall–Kier alpha value is -1.66. The molecule has 11 heteroatoms. The third-order valence-electron chi connectivity index (χ3n) is 6.72. The molecule has 0 saturated carbocycles. The first-order valence-electron chi connectivity index (χ1n) is 11.0. The Bertz CT molecular complexity index is 779. The van der Waals surface area contributed by atoms with Crippen molar-refractivity contribution >= 4 is 29.6 Å². The molecular weight excluding hydrogens is 438 g/mol. The van der Waals surface area contributed by atoms with Crippen LogP contribution in [0.25, 0.3) is 0 Å². The van der Waals surface area contributed by atoms with Crippen LogP contribution in [-0.4, -0.2) is 92.3 Å². The van der Waals surface area contributed by atoms with Crippen molar-refractivity contribution in [1.29, 1.82) is 0 Å². The second kappa shape index (κ2) is 10.1. The second-order valence-corrected chi connectivity index (χ2v) is 10.4. The first kappa shape index (κ1) is 25.0. The van der Waals surface area contributed by atoms with Crippen molar-refractivity contribution in [2.24, 2.45) is 17.8 Å². The molecule has 0 radical (unpaired) electrons. The number of aliphatic hydroxyl groups excluding tert-OH is 2. The van der Waals surface area contributed by atoms with Crippen molar-refractivity contribution in [2.75, 3.05) is 19.6 Å². The SMILES string of the molecule is CC(=O)O.C[C@@H](O)[C@H]1C(=O)N2C(C(=O)O)=C(S[C@@H]3CN[C@H](C(O)C4CCNC4)C3)[C@H](C)[C@H]12. The summed E-state index contributed by atoms with van der Waals surface area (Å²) in [6, 6.07) is -0.265. The molecule has 0 aromatic carbocycles. The van der Waals surface area contributed by atoms with Gasteiger partial charge in [-0.2, -0.15) is 0 Å². The number of amides is 1. The lowest BCUT2D eigenvalue weighted by molar-refractivity contribution is -0.163. The van der Waals surface area contributed by atoms with Crippen LogP contribution in [0, 0.1) is 17.8 Å². The molecule has 0 bridgehead atoms. The van der Waals surface area contributed by atoms with Gasteiger partial charge in [0.15, 0.2) is 0 Å². The fourth-order valence-electron chi connectivity index (χ4n) is 5.24. The van der Waals surface area contributed by atoms with Gasteiger partial charge in [-0.1, -0.05) is 6.92 Å². The predicted molar refractivity (Wildman–Crippen MR) is 118 cm³/mol. The molecule has 4 rings (SSSR count). The normalized spacial score (nSPS) is 35.7. The summed E-state index contributed by atoms with van der Waals surface area (Å²) in [5, 5.41) is 44.6. The zero-order valence-electron chi connectivity index (χ0n) is 18.5. The molecule has 8 atom stereocenters. The van der Waals surface area contributed by atoms with E-state index in [2.05, 4.69) is 10.6 Å². The van der Waals surface area contributed by atoms with Gasteiger partial charge < -0.3 is 36.0 Å². The van der Waals surface area contributed by atoms with Gasteiger partial charge in [0.25, 0.3) is 5.97 Å². The van der Waals surface area contributed by atoms with Gasteiger partial charge in [-0.25, -0.2) is 4.79 Å². The van der Waals surface area contributed by atoms with Gasteiger partial charge in [-0.05, 0) is 26.3 Å². The van der Waals surface area contributed by atoms with Gasteiger partial charge in [-0.3, -0.25) is 9.59 Å². The van der Waals surface area contributed by atoms with Gasteiger partial charge in [0, 0.05) is 48.0 Å². The van der Waals surface area contributed by atoms with E-state index in [-0.39, 0.29) is 40.8 Å². The van der Waals surface area contributed by atoms with E-state index in [0.29, 0.717) is 6.54 Å². The Kier molecular flexibility index (Phi) is 7.87. The van der Waals surface area contributed by atoms with E-state index in [1.807, 2.05) is 6.92 Å². The molecule has 3 saturated heterocycles. The molecule has 4 aliphatic heterocycles. The topological polar surface area (TPSA) is 159 Å². The first-order chi connectivity index (χ1) is 15.0. The molecule has 3 fully saturated rings. The van der Waals surface area contributed by atoms with Crippen molar-refractivity contribution in [3.63, 3.8) is 0 Å². The monoisotopic (exact) mass is 471 g/mol. The highest BCUT2D eigenvalue weighted by Crippen LogP contribution is 2.51. The number of carboxylic acids is 2. The van der Waals surface area contributed by atoms with Crippen molar-refractivity contribution in [3.8, 4) is 0 Å². The molecular formula is C21H33N3O7S. The quantitative estimate of drug-likeness (QED) is 0.283. The van der Waals surface area contributed by atoms with Gasteiger partial charge in [0.2, 0.25) is 5.91 Å². The maximum atomic E-state index is 12.4. The molecule has 6 N–H and O–H groups in total. The minimum atomic E-state index is -1.09. The van der Waals surface area contributed by atoms with Crippen molar-refractivity contribution in [1.82, 2.24) is 15.5 Å². The summed E-state index contributed by atoms with van der Waals surface area (Å²) in [6.07, 6.45) is 0.547. The molecule has 0 aromatic rings. The van der Waals surface area contributed by atoms with Crippen LogP contribution in [0.3, 0.4) is 0 Å². The molecule has 180 valence electrons. The summed E-state index contributed by atoms with van der Waals surface area (Å²) in [5.41, 5.74) is 0.0772. The maximum Gasteiger partial charge on any atom is 0.353 e. The van der Waals surface area contributed by atoms with E-state index in [4.69, 9.17) is 9.90 Å². The first-order valence-corrected chi connectivity index (χ1v) is 11.9. The zero-order chi connectivity index (χ0) is 23.7. The Balaban J connectivity index is 0.000000668. The minimum absolute atomic E-state index is 0.0110. The summed E-state index contributed by atoms with van der Waals surface area (Å²) >= 11 is 1.52. The van der Waals surface area contributed by atoms with E-state index in [1.165, 1.54) is 16.7 Å². The average Bonchev–Trinajstić information content (AvgIpc) is 3.41. The fraction of sp³-hybridized carbons (Fsp3) is 0.762. The fourth-order valence-corrected chi connectivity index (χ4v) is 6.73. The Morgan fingerprint density at radius 2 is 1.88 bits per heavy atom. The lowest BCUT2D eigenvalue weighted by atomic mass is 9.79. The van der Waals surface area contributed by atoms with Crippen LogP contribution in [0.2, 0.25) is 0 Å². The summed E-state index contributed by atoms with van der Waals surface area (Å²) in [4.78, 5) is 35.4. The molecule has 32 heavy (non-hydrogen) atoms. The number of β-lactam (4-membered cyclic amide) rings is 1. The van der Waals surface area contributed by atoms with Gasteiger partial charge >= 0.3 is 5.97 Å². The third kappa shape index (κ3) is 4.81. The number of hydrogen-bond donors (Lipinski definition) is 6. The highest BCUT2D eigenvalue weighted by Gasteiger charge is 2.60. The minimum Gasteiger partial charge on any atom is -0.481 e. The number of hydrogen-bond acceptors (Lipinski definition) is 8. The van der Waals surface area contributed by atoms with E-state index >= 15 is 0 Å². The highest BCUT2D eigenvalue weighted by molar-refractivity contribution is 8.03. The molecule has 4 aliphatic rings. The Morgan fingerprint density at radius 3 is 2.41 bits per heavy atom. The molecule has 0 aliphatic carbocycles. The van der Waals surface area contributed by atoms with Crippen molar-refractivity contribution in [3.05, 3.63) is 10.6 Å². The summed E-state index contributed by atoms with van der Waals surface area (Å²) in [5.74, 6) is -2.61. The van der Waals surface area contributed by atoms with Gasteiger partial charge in [-0.15, -0.1) is 11.8 Å². The van der Waals surface area contributed by atoms with E-state index in [1.54, 1.807) is 6.92 Å². The number of fused-ring (bicyclic) bond motifs is 1. The Labute approximate surface area is 191 Å². The van der Waals surface area contributed by atoms with Crippen LogP contribution in [-0.2, 0) is 14.4 Å². The number of carbonyl (C=O) groups excluding carboxylic acids is 1. The molecule has 10 nitrogen and oxygen atoms in total. The number of nitrogens with zero attached hydrogens (tertiary/aromatic N) is 1. The van der Waals surface area contributed by atoms with E-state index < -0.39 is 30.1 Å².